The van der Waals surface area contributed by atoms with Crippen molar-refractivity contribution in [3.8, 4) is 5.88 Å². The van der Waals surface area contributed by atoms with E-state index in [0.717, 1.165) is 0 Å². The molecule has 2 aromatic carbocycles. The van der Waals surface area contributed by atoms with E-state index in [0.29, 0.717) is 60.6 Å². The number of benzene rings is 2. The molecule has 0 aliphatic carbocycles. The Kier molecular flexibility index (Phi) is 9.72. The smallest absolute Gasteiger partial charge is 0.393 e. The van der Waals surface area contributed by atoms with E-state index in [-0.39, 0.29) is 22.4 Å². The molecule has 0 spiro atoms. The average Bonchev–Trinajstić information content (AvgIpc) is 3.32. The predicted octanol–water partition coefficient (Wildman–Crippen LogP) is 5.85. The topological polar surface area (TPSA) is 83.1 Å². The molecule has 0 saturated carbocycles. The van der Waals surface area contributed by atoms with Crippen molar-refractivity contribution in [2.45, 2.75) is 25.4 Å². The second-order valence-corrected chi connectivity index (χ2v) is 9.66. The fourth-order valence-electron chi connectivity index (χ4n) is 4.38. The molecule has 4 rings (SSSR count). The van der Waals surface area contributed by atoms with Gasteiger partial charge in [0.2, 0.25) is 17.7 Å². The van der Waals surface area contributed by atoms with Gasteiger partial charge in [0.15, 0.2) is 0 Å². The second-order valence-electron chi connectivity index (χ2n) is 9.66. The van der Waals surface area contributed by atoms with Crippen LogP contribution < -0.4 is 10.1 Å². The summed E-state index contributed by atoms with van der Waals surface area (Å²) in [6, 6.07) is 16.3. The SMILES string of the molecule is CN(C)C(=O)CCCNCCOc1ccc(/C(=C(/CC(F)(F)F)c2ccccc2)c2ccc3[nH]nc(F)c3c2)cn1. The van der Waals surface area contributed by atoms with Crippen molar-refractivity contribution in [1.29, 1.82) is 0 Å². The number of alkyl halides is 3. The molecule has 11 heteroatoms. The minimum atomic E-state index is -4.50. The van der Waals surface area contributed by atoms with E-state index < -0.39 is 18.5 Å². The lowest BCUT2D eigenvalue weighted by Crippen LogP contribution is -2.25. The number of hydrogen-bond acceptors (Lipinski definition) is 5. The number of aromatic nitrogens is 3. The quantitative estimate of drug-likeness (QED) is 0.127. The number of fused-ring (bicyclic) bond motifs is 1. The molecule has 1 amide bonds. The van der Waals surface area contributed by atoms with Gasteiger partial charge in [-0.25, -0.2) is 4.98 Å². The number of pyridine rings is 1. The minimum absolute atomic E-state index is 0.0359. The molecule has 0 aliphatic heterocycles. The van der Waals surface area contributed by atoms with E-state index >= 15 is 0 Å². The van der Waals surface area contributed by atoms with Crippen molar-refractivity contribution in [3.63, 3.8) is 0 Å². The van der Waals surface area contributed by atoms with Crippen molar-refractivity contribution >= 4 is 28.0 Å². The molecule has 0 radical (unpaired) electrons. The number of allylic oxidation sites excluding steroid dienone is 1. The highest BCUT2D eigenvalue weighted by Crippen LogP contribution is 2.40. The summed E-state index contributed by atoms with van der Waals surface area (Å²) >= 11 is 0. The normalized spacial score (nSPS) is 12.3. The predicted molar refractivity (Wildman–Crippen MR) is 150 cm³/mol. The largest absolute Gasteiger partial charge is 0.476 e. The summed E-state index contributed by atoms with van der Waals surface area (Å²) in [6.45, 7) is 1.51. The monoisotopic (exact) mass is 569 g/mol. The Morgan fingerprint density at radius 1 is 1.00 bits per heavy atom. The van der Waals surface area contributed by atoms with E-state index in [1.54, 1.807) is 73.6 Å². The Hall–Kier alpha value is -4.25. The lowest BCUT2D eigenvalue weighted by Gasteiger charge is -2.19. The molecule has 216 valence electrons. The van der Waals surface area contributed by atoms with Gasteiger partial charge in [-0.15, -0.1) is 5.10 Å². The molecule has 2 N–H and O–H groups in total. The summed E-state index contributed by atoms with van der Waals surface area (Å²) in [5, 5.41) is 9.51. The van der Waals surface area contributed by atoms with Crippen LogP contribution in [0.1, 0.15) is 36.0 Å². The lowest BCUT2D eigenvalue weighted by molar-refractivity contribution is -0.128. The number of rotatable bonds is 12. The number of halogens is 4. The van der Waals surface area contributed by atoms with Gasteiger partial charge in [0.25, 0.3) is 0 Å². The van der Waals surface area contributed by atoms with Crippen LogP contribution in [0, 0.1) is 5.95 Å². The number of carbonyl (C=O) groups is 1. The molecule has 0 unspecified atom stereocenters. The maximum absolute atomic E-state index is 14.3. The highest BCUT2D eigenvalue weighted by molar-refractivity contribution is 6.00. The maximum Gasteiger partial charge on any atom is 0.393 e. The van der Waals surface area contributed by atoms with Crippen LogP contribution in [0.15, 0.2) is 66.9 Å². The van der Waals surface area contributed by atoms with Gasteiger partial charge in [0.1, 0.15) is 6.61 Å². The van der Waals surface area contributed by atoms with Gasteiger partial charge >= 0.3 is 6.18 Å². The Balaban J connectivity index is 1.58. The van der Waals surface area contributed by atoms with Crippen molar-refractivity contribution in [2.24, 2.45) is 0 Å². The van der Waals surface area contributed by atoms with E-state index in [2.05, 4.69) is 20.5 Å². The zero-order chi connectivity index (χ0) is 29.4. The summed E-state index contributed by atoms with van der Waals surface area (Å²) in [6.07, 6.45) is -3.07. The molecule has 0 fully saturated rings. The van der Waals surface area contributed by atoms with Crippen LogP contribution in [0.2, 0.25) is 0 Å². The molecule has 2 heterocycles. The van der Waals surface area contributed by atoms with Gasteiger partial charge in [-0.2, -0.15) is 17.6 Å². The van der Waals surface area contributed by atoms with Crippen molar-refractivity contribution in [1.82, 2.24) is 25.4 Å². The molecule has 41 heavy (non-hydrogen) atoms. The maximum atomic E-state index is 14.3. The van der Waals surface area contributed by atoms with Crippen molar-refractivity contribution in [2.75, 3.05) is 33.8 Å². The number of amides is 1. The Labute approximate surface area is 235 Å². The van der Waals surface area contributed by atoms with Gasteiger partial charge in [0, 0.05) is 44.9 Å². The lowest BCUT2D eigenvalue weighted by atomic mass is 9.88. The first kappa shape index (κ1) is 29.7. The highest BCUT2D eigenvalue weighted by atomic mass is 19.4. The van der Waals surface area contributed by atoms with Crippen LogP contribution in [-0.2, 0) is 4.79 Å². The molecule has 7 nitrogen and oxygen atoms in total. The molecule has 0 saturated heterocycles. The van der Waals surface area contributed by atoms with E-state index in [4.69, 9.17) is 4.74 Å². The molecule has 0 bridgehead atoms. The summed E-state index contributed by atoms with van der Waals surface area (Å²) in [4.78, 5) is 17.5. The zero-order valence-corrected chi connectivity index (χ0v) is 22.8. The number of nitrogens with one attached hydrogen (secondary N) is 2. The van der Waals surface area contributed by atoms with E-state index in [1.807, 2.05) is 0 Å². The van der Waals surface area contributed by atoms with Crippen molar-refractivity contribution in [3.05, 3.63) is 89.5 Å². The van der Waals surface area contributed by atoms with Crippen LogP contribution in [0.3, 0.4) is 0 Å². The Bertz CT molecular complexity index is 1480. The van der Waals surface area contributed by atoms with Crippen LogP contribution in [-0.4, -0.2) is 66.0 Å². The first-order valence-electron chi connectivity index (χ1n) is 13.1. The van der Waals surface area contributed by atoms with Crippen LogP contribution in [0.5, 0.6) is 5.88 Å². The summed E-state index contributed by atoms with van der Waals surface area (Å²) in [5.74, 6) is -0.356. The number of nitrogens with zero attached hydrogens (tertiary/aromatic N) is 3. The van der Waals surface area contributed by atoms with Gasteiger partial charge in [-0.3, -0.25) is 9.89 Å². The van der Waals surface area contributed by atoms with Crippen LogP contribution >= 0.6 is 0 Å². The molecule has 0 atom stereocenters. The second kappa shape index (κ2) is 13.4. The molecule has 2 aromatic heterocycles. The number of H-pyrrole nitrogens is 1. The first-order valence-corrected chi connectivity index (χ1v) is 13.1. The third kappa shape index (κ3) is 8.14. The first-order chi connectivity index (χ1) is 19.6. The third-order valence-corrected chi connectivity index (χ3v) is 6.40. The summed E-state index contributed by atoms with van der Waals surface area (Å²) in [5.41, 5.74) is 1.97. The average molecular weight is 570 g/mol. The fourth-order valence-corrected chi connectivity index (χ4v) is 4.38. The van der Waals surface area contributed by atoms with E-state index in [9.17, 15) is 22.4 Å². The van der Waals surface area contributed by atoms with Gasteiger partial charge in [-0.1, -0.05) is 36.4 Å². The number of ether oxygens (including phenoxy) is 1. The Morgan fingerprint density at radius 2 is 1.76 bits per heavy atom. The molecule has 4 aromatic rings. The summed E-state index contributed by atoms with van der Waals surface area (Å²) < 4.78 is 61.6. The van der Waals surface area contributed by atoms with E-state index in [1.165, 1.54) is 12.3 Å². The molecular formula is C30H31F4N5O2. The summed E-state index contributed by atoms with van der Waals surface area (Å²) in [7, 11) is 3.44. The molecular weight excluding hydrogens is 538 g/mol. The number of carbonyl (C=O) groups excluding carboxylic acids is 1. The van der Waals surface area contributed by atoms with Crippen LogP contribution in [0.4, 0.5) is 17.6 Å². The van der Waals surface area contributed by atoms with Crippen molar-refractivity contribution < 1.29 is 27.1 Å². The highest BCUT2D eigenvalue weighted by Gasteiger charge is 2.31. The number of hydrogen-bond donors (Lipinski definition) is 2. The zero-order valence-electron chi connectivity index (χ0n) is 22.8. The number of aromatic amines is 1. The third-order valence-electron chi connectivity index (χ3n) is 6.40. The van der Waals surface area contributed by atoms with Gasteiger partial charge in [0.05, 0.1) is 17.3 Å². The fraction of sp³-hybridized carbons (Fsp3) is 0.300. The Morgan fingerprint density at radius 3 is 2.44 bits per heavy atom. The minimum Gasteiger partial charge on any atom is -0.476 e. The standard InChI is InChI=1S/C30H31F4N5O2/c1-39(2)27(40)9-6-14-35-15-16-41-26-13-11-22(19-36-26)28(21-10-12-25-23(17-21)29(31)38-37-25)24(18-30(32,33)34)20-7-4-3-5-8-20/h3-5,7-8,10-13,17,19,35H,6,9,14-16,18H2,1-2H3,(H,37,38)/b28-24-. The van der Waals surface area contributed by atoms with Crippen LogP contribution in [0.25, 0.3) is 22.0 Å². The van der Waals surface area contributed by atoms with Gasteiger partial charge in [-0.05, 0) is 53.4 Å². The van der Waals surface area contributed by atoms with Gasteiger partial charge < -0.3 is 15.0 Å². The molecule has 0 aliphatic rings.